The number of ether oxygens (including phenoxy) is 1. The van der Waals surface area contributed by atoms with Gasteiger partial charge in [-0.1, -0.05) is 13.8 Å². The molecule has 0 saturated heterocycles. The zero-order valence-electron chi connectivity index (χ0n) is 18.3. The highest BCUT2D eigenvalue weighted by Gasteiger charge is 2.11. The molecule has 0 saturated carbocycles. The van der Waals surface area contributed by atoms with Crippen LogP contribution in [0.4, 0.5) is 5.69 Å². The van der Waals surface area contributed by atoms with E-state index in [1.54, 1.807) is 11.3 Å². The Balaban J connectivity index is 0.00000320. The Kier molecular flexibility index (Phi) is 8.62. The van der Waals surface area contributed by atoms with Crippen molar-refractivity contribution in [3.05, 3.63) is 41.8 Å². The summed E-state index contributed by atoms with van der Waals surface area (Å²) < 4.78 is 8.51. The summed E-state index contributed by atoms with van der Waals surface area (Å²) in [5, 5.41) is 1.17. The zero-order chi connectivity index (χ0) is 21.0. The number of nitrogens with zero attached hydrogens (tertiary/aromatic N) is 3. The topological polar surface area (TPSA) is 45.4 Å². The van der Waals surface area contributed by atoms with Gasteiger partial charge in [-0.15, -0.1) is 11.3 Å². The van der Waals surface area contributed by atoms with Gasteiger partial charge in [0.1, 0.15) is 14.1 Å². The monoisotopic (exact) mass is 447 g/mol. The van der Waals surface area contributed by atoms with Crippen LogP contribution in [0.15, 0.2) is 36.4 Å². The number of hydrogen-bond donors (Lipinski definition) is 0. The van der Waals surface area contributed by atoms with E-state index < -0.39 is 0 Å². The van der Waals surface area contributed by atoms with E-state index in [1.807, 2.05) is 27.9 Å². The second kappa shape index (κ2) is 10.7. The molecule has 0 bridgehead atoms. The predicted molar refractivity (Wildman–Crippen MR) is 122 cm³/mol. The molecule has 0 radical (unpaired) electrons. The van der Waals surface area contributed by atoms with Gasteiger partial charge in [0.2, 0.25) is 5.36 Å². The first-order valence-corrected chi connectivity index (χ1v) is 10.9. The Morgan fingerprint density at radius 2 is 1.97 bits per heavy atom. The third-order valence-electron chi connectivity index (χ3n) is 4.76. The Bertz CT molecular complexity index is 1040. The molecule has 1 aliphatic heterocycles. The predicted octanol–water partition coefficient (Wildman–Crippen LogP) is 0.853. The average Bonchev–Trinajstić information content (AvgIpc) is 2.69. The first-order valence-electron chi connectivity index (χ1n) is 10.1. The van der Waals surface area contributed by atoms with Crippen molar-refractivity contribution in [2.45, 2.75) is 26.7 Å². The fourth-order valence-corrected chi connectivity index (χ4v) is 4.07. The Morgan fingerprint density at radius 3 is 2.67 bits per heavy atom. The van der Waals surface area contributed by atoms with Crippen molar-refractivity contribution < 1.29 is 21.9 Å². The van der Waals surface area contributed by atoms with Gasteiger partial charge in [-0.3, -0.25) is 4.79 Å². The van der Waals surface area contributed by atoms with Crippen LogP contribution in [0.1, 0.15) is 26.7 Å². The van der Waals surface area contributed by atoms with E-state index in [2.05, 4.69) is 52.9 Å². The lowest BCUT2D eigenvalue weighted by Gasteiger charge is -2.19. The smallest absolute Gasteiger partial charge is 0.305 e. The molecule has 0 aromatic heterocycles. The minimum atomic E-state index is -0.111. The summed E-state index contributed by atoms with van der Waals surface area (Å²) in [4.78, 5) is 20.0. The second-order valence-corrected chi connectivity index (χ2v) is 9.10. The molecule has 0 N–H and O–H groups in total. The number of anilines is 1. The second-order valence-electron chi connectivity index (χ2n) is 8.01. The summed E-state index contributed by atoms with van der Waals surface area (Å²) in [7, 11) is 6.15. The normalized spacial score (nSPS) is 10.9. The first kappa shape index (κ1) is 24.1. The van der Waals surface area contributed by atoms with Crippen LogP contribution < -0.4 is 27.2 Å². The molecular formula is C23H30ClN3O2S. The van der Waals surface area contributed by atoms with Gasteiger partial charge in [-0.25, -0.2) is 9.56 Å². The maximum atomic E-state index is 11.8. The van der Waals surface area contributed by atoms with E-state index in [1.165, 1.54) is 10.2 Å². The lowest BCUT2D eigenvalue weighted by Crippen LogP contribution is -3.00. The highest BCUT2D eigenvalue weighted by atomic mass is 35.5. The first-order chi connectivity index (χ1) is 13.8. The highest BCUT2D eigenvalue weighted by molar-refractivity contribution is 7.21. The van der Waals surface area contributed by atoms with E-state index >= 15 is 0 Å². The number of aromatic nitrogens is 1. The van der Waals surface area contributed by atoms with Crippen molar-refractivity contribution in [2.75, 3.05) is 39.2 Å². The minimum Gasteiger partial charge on any atom is -1.00 e. The lowest BCUT2D eigenvalue weighted by molar-refractivity contribution is -0.144. The molecule has 2 aliphatic rings. The molecule has 1 heterocycles. The van der Waals surface area contributed by atoms with Gasteiger partial charge in [0, 0.05) is 37.8 Å². The summed E-state index contributed by atoms with van der Waals surface area (Å²) in [6.07, 6.45) is 1.23. The molecule has 162 valence electrons. The summed E-state index contributed by atoms with van der Waals surface area (Å²) in [6, 6.07) is 12.7. The fraction of sp³-hybridized carbons (Fsp3) is 0.435. The Morgan fingerprint density at radius 1 is 1.20 bits per heavy atom. The van der Waals surface area contributed by atoms with Crippen LogP contribution >= 0.6 is 11.3 Å². The molecule has 0 atom stereocenters. The Hall–Kier alpha value is -2.18. The van der Waals surface area contributed by atoms with Crippen molar-refractivity contribution in [1.82, 2.24) is 9.56 Å². The van der Waals surface area contributed by atoms with Gasteiger partial charge in [0.25, 0.3) is 0 Å². The summed E-state index contributed by atoms with van der Waals surface area (Å²) in [5.41, 5.74) is 3.16. The maximum absolute atomic E-state index is 11.8. The van der Waals surface area contributed by atoms with E-state index in [0.29, 0.717) is 18.9 Å². The maximum Gasteiger partial charge on any atom is 0.305 e. The Labute approximate surface area is 188 Å². The number of hydrogen-bond acceptors (Lipinski definition) is 5. The number of carbonyl (C=O) groups is 1. The van der Waals surface area contributed by atoms with Gasteiger partial charge >= 0.3 is 5.97 Å². The summed E-state index contributed by atoms with van der Waals surface area (Å²) >= 11 is 1.76. The molecule has 7 heteroatoms. The number of fused-ring (bicyclic) bond motifs is 2. The van der Waals surface area contributed by atoms with Gasteiger partial charge in [-0.2, -0.15) is 0 Å². The molecule has 1 aromatic carbocycles. The number of halogens is 1. The van der Waals surface area contributed by atoms with Crippen LogP contribution in [0.25, 0.3) is 20.8 Å². The van der Waals surface area contributed by atoms with Crippen LogP contribution in [0.2, 0.25) is 0 Å². The standard InChI is InChI=1S/C23H30N3O2S.ClH/c1-16(2)15-28-23(27)7-6-12-26(5)18-9-11-20-22(14-18)29-21-13-17(25(3)4)8-10-19(21)24-20;/h8-11,13-14,16H,6-7,12,15H2,1-5H3;1H/q+1;/p-1. The van der Waals surface area contributed by atoms with Crippen molar-refractivity contribution in [3.8, 4) is 10.6 Å². The SMILES string of the molecule is CC(C)COC(=O)CCCN(C)c1ccc2nc3ccc(=[N+](C)C)cc-3sc2c1.[Cl-]. The number of rotatable bonds is 7. The van der Waals surface area contributed by atoms with Crippen LogP contribution in [0, 0.1) is 5.92 Å². The van der Waals surface area contributed by atoms with Gasteiger partial charge < -0.3 is 22.0 Å². The number of benzene rings is 2. The van der Waals surface area contributed by atoms with Crippen LogP contribution in [-0.4, -0.2) is 45.2 Å². The van der Waals surface area contributed by atoms with Crippen molar-refractivity contribution >= 4 is 33.2 Å². The fourth-order valence-electron chi connectivity index (χ4n) is 3.04. The van der Waals surface area contributed by atoms with E-state index in [0.717, 1.165) is 34.6 Å². The zero-order valence-corrected chi connectivity index (χ0v) is 19.9. The molecule has 0 amide bonds. The molecule has 1 aromatic rings. The summed E-state index contributed by atoms with van der Waals surface area (Å²) in [6.45, 7) is 5.39. The molecule has 0 spiro atoms. The average molecular weight is 448 g/mol. The van der Waals surface area contributed by atoms with Gasteiger partial charge in [0.15, 0.2) is 0 Å². The largest absolute Gasteiger partial charge is 1.00 e. The molecule has 1 aliphatic carbocycles. The summed E-state index contributed by atoms with van der Waals surface area (Å²) in [5.74, 6) is 0.263. The molecule has 0 unspecified atom stereocenters. The number of esters is 1. The molecule has 30 heavy (non-hydrogen) atoms. The molecule has 5 nitrogen and oxygen atoms in total. The molecular weight excluding hydrogens is 418 g/mol. The quantitative estimate of drug-likeness (QED) is 0.306. The van der Waals surface area contributed by atoms with E-state index in [4.69, 9.17) is 9.72 Å². The van der Waals surface area contributed by atoms with Crippen LogP contribution in [0.5, 0.6) is 0 Å². The third kappa shape index (κ3) is 6.16. The number of carbonyl (C=O) groups excluding carboxylic acids is 1. The van der Waals surface area contributed by atoms with Crippen molar-refractivity contribution in [1.29, 1.82) is 0 Å². The van der Waals surface area contributed by atoms with E-state index in [9.17, 15) is 4.79 Å². The van der Waals surface area contributed by atoms with Crippen molar-refractivity contribution in [3.63, 3.8) is 0 Å². The van der Waals surface area contributed by atoms with Crippen LogP contribution in [-0.2, 0) is 9.53 Å². The van der Waals surface area contributed by atoms with Gasteiger partial charge in [0.05, 0.1) is 27.4 Å². The van der Waals surface area contributed by atoms with Gasteiger partial charge in [-0.05, 0) is 36.6 Å². The third-order valence-corrected chi connectivity index (χ3v) is 5.85. The highest BCUT2D eigenvalue weighted by Crippen LogP contribution is 2.31. The van der Waals surface area contributed by atoms with Crippen molar-refractivity contribution in [2.24, 2.45) is 5.92 Å². The molecule has 0 fully saturated rings. The lowest BCUT2D eigenvalue weighted by atomic mass is 10.2. The van der Waals surface area contributed by atoms with Crippen LogP contribution in [0.3, 0.4) is 0 Å². The molecule has 3 rings (SSSR count). The van der Waals surface area contributed by atoms with E-state index in [-0.39, 0.29) is 18.4 Å². The minimum absolute atomic E-state index is 0.